The van der Waals surface area contributed by atoms with E-state index in [9.17, 15) is 0 Å². The Bertz CT molecular complexity index is 450. The average molecular weight is 338 g/mol. The van der Waals surface area contributed by atoms with Crippen LogP contribution in [-0.4, -0.2) is 12.1 Å². The number of hydrogen-bond donors (Lipinski definition) is 1. The minimum absolute atomic E-state index is 0.409. The van der Waals surface area contributed by atoms with E-state index >= 15 is 0 Å². The van der Waals surface area contributed by atoms with Crippen molar-refractivity contribution in [2.45, 2.75) is 64.1 Å². The van der Waals surface area contributed by atoms with Crippen LogP contribution in [0.15, 0.2) is 22.7 Å². The lowest BCUT2D eigenvalue weighted by molar-refractivity contribution is 0.134. The van der Waals surface area contributed by atoms with Crippen molar-refractivity contribution in [1.82, 2.24) is 5.32 Å². The first-order valence-electron chi connectivity index (χ1n) is 7.89. The Morgan fingerprint density at radius 1 is 1.15 bits per heavy atom. The molecule has 2 aliphatic rings. The first-order valence-corrected chi connectivity index (χ1v) is 8.68. The molecule has 2 nitrogen and oxygen atoms in total. The Kier molecular flexibility index (Phi) is 4.67. The lowest BCUT2D eigenvalue weighted by Crippen LogP contribution is -2.24. The predicted molar refractivity (Wildman–Crippen MR) is 86.1 cm³/mol. The molecule has 0 aliphatic heterocycles. The predicted octanol–water partition coefficient (Wildman–Crippen LogP) is 4.66. The largest absolute Gasteiger partial charge is 0.490 e. The van der Waals surface area contributed by atoms with E-state index in [-0.39, 0.29) is 0 Å². The number of hydrogen-bond acceptors (Lipinski definition) is 2. The lowest BCUT2D eigenvalue weighted by atomic mass is 9.89. The first kappa shape index (κ1) is 14.4. The molecule has 110 valence electrons. The van der Waals surface area contributed by atoms with Crippen molar-refractivity contribution < 1.29 is 4.74 Å². The number of rotatable bonds is 5. The van der Waals surface area contributed by atoms with Gasteiger partial charge in [-0.3, -0.25) is 0 Å². The van der Waals surface area contributed by atoms with Crippen LogP contribution < -0.4 is 10.1 Å². The molecule has 0 heterocycles. The molecule has 3 rings (SSSR count). The molecule has 0 atom stereocenters. The normalized spacial score (nSPS) is 26.5. The van der Waals surface area contributed by atoms with Gasteiger partial charge >= 0.3 is 0 Å². The highest BCUT2D eigenvalue weighted by Gasteiger charge is 2.22. The Hall–Kier alpha value is -0.540. The zero-order valence-electron chi connectivity index (χ0n) is 12.2. The van der Waals surface area contributed by atoms with E-state index in [0.717, 1.165) is 28.7 Å². The molecule has 2 aliphatic carbocycles. The highest BCUT2D eigenvalue weighted by Crippen LogP contribution is 2.30. The second-order valence-corrected chi connectivity index (χ2v) is 7.32. The van der Waals surface area contributed by atoms with E-state index in [1.165, 1.54) is 44.1 Å². The van der Waals surface area contributed by atoms with Gasteiger partial charge in [-0.05, 0) is 62.6 Å². The summed E-state index contributed by atoms with van der Waals surface area (Å²) in [5, 5.41) is 3.58. The Morgan fingerprint density at radius 2 is 1.90 bits per heavy atom. The van der Waals surface area contributed by atoms with Gasteiger partial charge in [-0.15, -0.1) is 0 Å². The van der Waals surface area contributed by atoms with E-state index in [4.69, 9.17) is 4.74 Å². The van der Waals surface area contributed by atoms with Gasteiger partial charge in [-0.25, -0.2) is 0 Å². The van der Waals surface area contributed by atoms with Gasteiger partial charge in [-0.2, -0.15) is 0 Å². The van der Waals surface area contributed by atoms with Crippen molar-refractivity contribution in [1.29, 1.82) is 0 Å². The summed E-state index contributed by atoms with van der Waals surface area (Å²) in [6, 6.07) is 7.13. The molecule has 0 unspecified atom stereocenters. The van der Waals surface area contributed by atoms with Crippen LogP contribution in [0.1, 0.15) is 51.0 Å². The van der Waals surface area contributed by atoms with Gasteiger partial charge in [0.25, 0.3) is 0 Å². The van der Waals surface area contributed by atoms with Gasteiger partial charge in [0.1, 0.15) is 5.75 Å². The highest BCUT2D eigenvalue weighted by molar-refractivity contribution is 9.10. The monoisotopic (exact) mass is 337 g/mol. The fourth-order valence-electron chi connectivity index (χ4n) is 2.87. The molecular weight excluding hydrogens is 314 g/mol. The van der Waals surface area contributed by atoms with E-state index < -0.39 is 0 Å². The second kappa shape index (κ2) is 6.48. The Balaban J connectivity index is 1.64. The molecule has 2 fully saturated rings. The topological polar surface area (TPSA) is 21.3 Å². The Morgan fingerprint density at radius 3 is 2.60 bits per heavy atom. The molecular formula is C17H24BrNO. The SMILES string of the molecule is CC1CCC(Oc2ccc(Br)cc2CNC2CC2)CC1. The van der Waals surface area contributed by atoms with Gasteiger partial charge in [0.15, 0.2) is 0 Å². The van der Waals surface area contributed by atoms with Gasteiger partial charge < -0.3 is 10.1 Å². The summed E-state index contributed by atoms with van der Waals surface area (Å²) in [6.45, 7) is 3.27. The summed E-state index contributed by atoms with van der Waals surface area (Å²) < 4.78 is 7.42. The van der Waals surface area contributed by atoms with Crippen LogP contribution in [0, 0.1) is 5.92 Å². The summed E-state index contributed by atoms with van der Waals surface area (Å²) in [5.74, 6) is 1.94. The maximum absolute atomic E-state index is 6.28. The summed E-state index contributed by atoms with van der Waals surface area (Å²) in [7, 11) is 0. The molecule has 1 aromatic carbocycles. The zero-order valence-corrected chi connectivity index (χ0v) is 13.8. The quantitative estimate of drug-likeness (QED) is 0.843. The van der Waals surface area contributed by atoms with Crippen LogP contribution in [0.2, 0.25) is 0 Å². The minimum Gasteiger partial charge on any atom is -0.490 e. The molecule has 0 amide bonds. The first-order chi connectivity index (χ1) is 9.70. The maximum atomic E-state index is 6.28. The second-order valence-electron chi connectivity index (χ2n) is 6.41. The van der Waals surface area contributed by atoms with E-state index in [0.29, 0.717) is 6.10 Å². The third-order valence-electron chi connectivity index (χ3n) is 4.44. The molecule has 0 bridgehead atoms. The van der Waals surface area contributed by atoms with Crippen LogP contribution in [0.3, 0.4) is 0 Å². The number of halogens is 1. The third kappa shape index (κ3) is 3.98. The van der Waals surface area contributed by atoms with Crippen LogP contribution in [0.25, 0.3) is 0 Å². The molecule has 0 radical (unpaired) electrons. The third-order valence-corrected chi connectivity index (χ3v) is 4.93. The zero-order chi connectivity index (χ0) is 13.9. The molecule has 3 heteroatoms. The highest BCUT2D eigenvalue weighted by atomic mass is 79.9. The number of ether oxygens (including phenoxy) is 1. The Labute approximate surface area is 130 Å². The smallest absolute Gasteiger partial charge is 0.124 e. The molecule has 1 N–H and O–H groups in total. The summed E-state index contributed by atoms with van der Waals surface area (Å²) in [6.07, 6.45) is 8.06. The molecule has 2 saturated carbocycles. The average Bonchev–Trinajstić information content (AvgIpc) is 3.25. The van der Waals surface area contributed by atoms with Crippen molar-refractivity contribution in [3.05, 3.63) is 28.2 Å². The molecule has 20 heavy (non-hydrogen) atoms. The summed E-state index contributed by atoms with van der Waals surface area (Å²) in [5.41, 5.74) is 1.28. The van der Waals surface area contributed by atoms with Gasteiger partial charge in [0, 0.05) is 22.6 Å². The molecule has 0 spiro atoms. The van der Waals surface area contributed by atoms with Gasteiger partial charge in [-0.1, -0.05) is 22.9 Å². The fraction of sp³-hybridized carbons (Fsp3) is 0.647. The molecule has 0 aromatic heterocycles. The lowest BCUT2D eigenvalue weighted by Gasteiger charge is -2.27. The standard InChI is InChI=1S/C17H24BrNO/c1-12-2-7-16(8-3-12)20-17-9-4-14(18)10-13(17)11-19-15-5-6-15/h4,9-10,12,15-16,19H,2-3,5-8,11H2,1H3. The van der Waals surface area contributed by atoms with Crippen LogP contribution in [-0.2, 0) is 6.54 Å². The summed E-state index contributed by atoms with van der Waals surface area (Å²) >= 11 is 3.57. The van der Waals surface area contributed by atoms with Crippen LogP contribution >= 0.6 is 15.9 Å². The van der Waals surface area contributed by atoms with E-state index in [1.54, 1.807) is 0 Å². The summed E-state index contributed by atoms with van der Waals surface area (Å²) in [4.78, 5) is 0. The van der Waals surface area contributed by atoms with E-state index in [2.05, 4.69) is 46.4 Å². The van der Waals surface area contributed by atoms with E-state index in [1.807, 2.05) is 0 Å². The molecule has 0 saturated heterocycles. The van der Waals surface area contributed by atoms with Crippen molar-refractivity contribution in [2.24, 2.45) is 5.92 Å². The van der Waals surface area contributed by atoms with Crippen molar-refractivity contribution in [2.75, 3.05) is 0 Å². The van der Waals surface area contributed by atoms with Crippen molar-refractivity contribution >= 4 is 15.9 Å². The number of nitrogens with one attached hydrogen (secondary N) is 1. The minimum atomic E-state index is 0.409. The van der Waals surface area contributed by atoms with Crippen molar-refractivity contribution in [3.8, 4) is 5.75 Å². The van der Waals surface area contributed by atoms with Crippen molar-refractivity contribution in [3.63, 3.8) is 0 Å². The molecule has 1 aromatic rings. The van der Waals surface area contributed by atoms with Gasteiger partial charge in [0.2, 0.25) is 0 Å². The number of benzene rings is 1. The van der Waals surface area contributed by atoms with Gasteiger partial charge in [0.05, 0.1) is 6.10 Å². The van der Waals surface area contributed by atoms with Crippen LogP contribution in [0.4, 0.5) is 0 Å². The van der Waals surface area contributed by atoms with Crippen LogP contribution in [0.5, 0.6) is 5.75 Å². The fourth-order valence-corrected chi connectivity index (χ4v) is 3.28. The maximum Gasteiger partial charge on any atom is 0.124 e.